The highest BCUT2D eigenvalue weighted by Gasteiger charge is 2.30. The Labute approximate surface area is 163 Å². The molecule has 3 unspecified atom stereocenters. The third kappa shape index (κ3) is 3.98. The van der Waals surface area contributed by atoms with Gasteiger partial charge in [0.05, 0.1) is 7.11 Å². The Morgan fingerprint density at radius 3 is 2.78 bits per heavy atom. The molecular weight excluding hydrogens is 332 g/mol. The lowest BCUT2D eigenvalue weighted by atomic mass is 9.77. The highest BCUT2D eigenvalue weighted by Crippen LogP contribution is 2.38. The van der Waals surface area contributed by atoms with Crippen molar-refractivity contribution in [3.8, 4) is 5.75 Å². The van der Waals surface area contributed by atoms with Crippen LogP contribution in [0.4, 0.5) is 5.69 Å². The number of aryl methyl sites for hydroxylation is 1. The average Bonchev–Trinajstić information content (AvgIpc) is 2.74. The van der Waals surface area contributed by atoms with Crippen LogP contribution in [-0.4, -0.2) is 32.8 Å². The summed E-state index contributed by atoms with van der Waals surface area (Å²) in [7, 11) is 1.73. The van der Waals surface area contributed by atoms with Gasteiger partial charge in [-0.2, -0.15) is 0 Å². The Hall–Kier alpha value is -2.00. The molecule has 144 valence electrons. The number of hydrogen-bond acceptors (Lipinski definition) is 3. The van der Waals surface area contributed by atoms with Crippen molar-refractivity contribution in [2.24, 2.45) is 5.92 Å². The van der Waals surface area contributed by atoms with Crippen molar-refractivity contribution in [3.63, 3.8) is 0 Å². The first-order valence-corrected chi connectivity index (χ1v) is 10.5. The molecule has 2 aliphatic rings. The normalized spacial score (nSPS) is 23.6. The van der Waals surface area contributed by atoms with Crippen LogP contribution in [0.1, 0.15) is 43.2 Å². The molecule has 0 saturated carbocycles. The maximum Gasteiger partial charge on any atom is 0.119 e. The van der Waals surface area contributed by atoms with Gasteiger partial charge in [0.2, 0.25) is 0 Å². The van der Waals surface area contributed by atoms with Crippen LogP contribution in [0.15, 0.2) is 48.5 Å². The highest BCUT2D eigenvalue weighted by atomic mass is 16.5. The van der Waals surface area contributed by atoms with Crippen LogP contribution >= 0.6 is 0 Å². The number of nitrogens with zero attached hydrogens (tertiary/aromatic N) is 1. The van der Waals surface area contributed by atoms with Crippen molar-refractivity contribution in [3.05, 3.63) is 59.7 Å². The van der Waals surface area contributed by atoms with E-state index in [1.807, 2.05) is 0 Å². The topological polar surface area (TPSA) is 24.5 Å². The zero-order chi connectivity index (χ0) is 18.6. The monoisotopic (exact) mass is 364 g/mol. The fourth-order valence-electron chi connectivity index (χ4n) is 5.03. The van der Waals surface area contributed by atoms with E-state index in [0.717, 1.165) is 25.4 Å². The lowest BCUT2D eigenvalue weighted by molar-refractivity contribution is 0.324. The second-order valence-electron chi connectivity index (χ2n) is 8.16. The standard InChI is InChI=1S/C24H32N2O/c1-18(16-20-8-5-7-19-6-3-4-9-23(19)20)24-17-25-14-15-26(24)21-10-12-22(27-2)13-11-21/h3-4,6,9-13,18,20,24-25H,5,7-8,14-17H2,1-2H3. The predicted octanol–water partition coefficient (Wildman–Crippen LogP) is 4.62. The Bertz CT molecular complexity index is 742. The molecule has 1 saturated heterocycles. The van der Waals surface area contributed by atoms with Gasteiger partial charge in [0, 0.05) is 31.4 Å². The Kier molecular flexibility index (Phi) is 5.68. The van der Waals surface area contributed by atoms with Crippen LogP contribution in [0.2, 0.25) is 0 Å². The number of methoxy groups -OCH3 is 1. The lowest BCUT2D eigenvalue weighted by Gasteiger charge is -2.42. The number of fused-ring (bicyclic) bond motifs is 1. The quantitative estimate of drug-likeness (QED) is 0.838. The molecule has 3 nitrogen and oxygen atoms in total. The summed E-state index contributed by atoms with van der Waals surface area (Å²) in [5, 5.41) is 3.63. The number of rotatable bonds is 5. The van der Waals surface area contributed by atoms with E-state index in [9.17, 15) is 0 Å². The molecule has 27 heavy (non-hydrogen) atoms. The molecule has 2 aromatic rings. The third-order valence-electron chi connectivity index (χ3n) is 6.49. The fourth-order valence-corrected chi connectivity index (χ4v) is 5.03. The summed E-state index contributed by atoms with van der Waals surface area (Å²) in [6, 6.07) is 18.2. The molecule has 0 spiro atoms. The van der Waals surface area contributed by atoms with Gasteiger partial charge in [-0.1, -0.05) is 31.2 Å². The molecule has 3 atom stereocenters. The van der Waals surface area contributed by atoms with E-state index >= 15 is 0 Å². The summed E-state index contributed by atoms with van der Waals surface area (Å²) in [5.41, 5.74) is 4.50. The molecule has 1 aliphatic carbocycles. The average molecular weight is 365 g/mol. The first kappa shape index (κ1) is 18.4. The molecule has 0 bridgehead atoms. The van der Waals surface area contributed by atoms with Gasteiger partial charge in [-0.25, -0.2) is 0 Å². The third-order valence-corrected chi connectivity index (χ3v) is 6.49. The molecule has 0 aromatic heterocycles. The van der Waals surface area contributed by atoms with Gasteiger partial charge >= 0.3 is 0 Å². The number of ether oxygens (including phenoxy) is 1. The lowest BCUT2D eigenvalue weighted by Crippen LogP contribution is -2.54. The number of benzene rings is 2. The second-order valence-corrected chi connectivity index (χ2v) is 8.16. The van der Waals surface area contributed by atoms with Crippen LogP contribution in [0.3, 0.4) is 0 Å². The van der Waals surface area contributed by atoms with Crippen LogP contribution in [0.5, 0.6) is 5.75 Å². The summed E-state index contributed by atoms with van der Waals surface area (Å²) >= 11 is 0. The fraction of sp³-hybridized carbons (Fsp3) is 0.500. The van der Waals surface area contributed by atoms with Crippen molar-refractivity contribution >= 4 is 5.69 Å². The van der Waals surface area contributed by atoms with Gasteiger partial charge < -0.3 is 15.0 Å². The summed E-state index contributed by atoms with van der Waals surface area (Å²) in [5.74, 6) is 2.29. The Morgan fingerprint density at radius 2 is 1.96 bits per heavy atom. The van der Waals surface area contributed by atoms with Gasteiger partial charge in [-0.15, -0.1) is 0 Å². The van der Waals surface area contributed by atoms with Gasteiger partial charge in [0.15, 0.2) is 0 Å². The van der Waals surface area contributed by atoms with Crippen molar-refractivity contribution in [1.82, 2.24) is 5.32 Å². The molecule has 0 radical (unpaired) electrons. The van der Waals surface area contributed by atoms with Crippen LogP contribution in [0, 0.1) is 5.92 Å². The zero-order valence-electron chi connectivity index (χ0n) is 16.7. The first-order valence-electron chi connectivity index (χ1n) is 10.5. The van der Waals surface area contributed by atoms with Crippen molar-refractivity contribution in [2.45, 2.75) is 44.6 Å². The van der Waals surface area contributed by atoms with E-state index < -0.39 is 0 Å². The van der Waals surface area contributed by atoms with Crippen LogP contribution in [-0.2, 0) is 6.42 Å². The number of anilines is 1. The summed E-state index contributed by atoms with van der Waals surface area (Å²) in [4.78, 5) is 2.61. The first-order chi connectivity index (χ1) is 13.3. The summed E-state index contributed by atoms with van der Waals surface area (Å²) in [6.07, 6.45) is 5.20. The molecular formula is C24H32N2O. The SMILES string of the molecule is COc1ccc(N2CCNCC2C(C)CC2CCCc3ccccc32)cc1. The Balaban J connectivity index is 1.50. The van der Waals surface area contributed by atoms with E-state index in [0.29, 0.717) is 17.9 Å². The minimum Gasteiger partial charge on any atom is -0.497 e. The zero-order valence-corrected chi connectivity index (χ0v) is 16.7. The number of hydrogen-bond donors (Lipinski definition) is 1. The minimum atomic E-state index is 0.543. The maximum atomic E-state index is 5.33. The smallest absolute Gasteiger partial charge is 0.119 e. The summed E-state index contributed by atoms with van der Waals surface area (Å²) < 4.78 is 5.33. The van der Waals surface area contributed by atoms with Gasteiger partial charge in [-0.05, 0) is 72.9 Å². The maximum absolute atomic E-state index is 5.33. The van der Waals surface area contributed by atoms with Crippen molar-refractivity contribution in [2.75, 3.05) is 31.6 Å². The molecule has 1 heterocycles. The minimum absolute atomic E-state index is 0.543. The molecule has 2 aromatic carbocycles. The molecule has 1 fully saturated rings. The van der Waals surface area contributed by atoms with Gasteiger partial charge in [0.25, 0.3) is 0 Å². The number of nitrogens with one attached hydrogen (secondary N) is 1. The molecule has 1 aliphatic heterocycles. The summed E-state index contributed by atoms with van der Waals surface area (Å²) in [6.45, 7) is 5.65. The molecule has 1 N–H and O–H groups in total. The van der Waals surface area contributed by atoms with E-state index in [1.54, 1.807) is 18.2 Å². The van der Waals surface area contributed by atoms with E-state index in [1.165, 1.54) is 31.4 Å². The molecule has 0 amide bonds. The predicted molar refractivity (Wildman–Crippen MR) is 113 cm³/mol. The van der Waals surface area contributed by atoms with Gasteiger partial charge in [-0.3, -0.25) is 0 Å². The largest absolute Gasteiger partial charge is 0.497 e. The van der Waals surface area contributed by atoms with Gasteiger partial charge in [0.1, 0.15) is 5.75 Å². The van der Waals surface area contributed by atoms with Crippen LogP contribution in [0.25, 0.3) is 0 Å². The van der Waals surface area contributed by atoms with E-state index in [2.05, 4.69) is 65.7 Å². The number of piperazine rings is 1. The van der Waals surface area contributed by atoms with Crippen molar-refractivity contribution < 1.29 is 4.74 Å². The Morgan fingerprint density at radius 1 is 1.15 bits per heavy atom. The molecule has 3 heteroatoms. The second kappa shape index (κ2) is 8.35. The van der Waals surface area contributed by atoms with E-state index in [4.69, 9.17) is 4.74 Å². The van der Waals surface area contributed by atoms with Crippen molar-refractivity contribution in [1.29, 1.82) is 0 Å². The van der Waals surface area contributed by atoms with Crippen LogP contribution < -0.4 is 15.0 Å². The van der Waals surface area contributed by atoms with E-state index in [-0.39, 0.29) is 0 Å². The highest BCUT2D eigenvalue weighted by molar-refractivity contribution is 5.50. The molecule has 4 rings (SSSR count).